The van der Waals surface area contributed by atoms with Crippen LogP contribution in [0.2, 0.25) is 0 Å². The molecule has 0 aromatic heterocycles. The van der Waals surface area contributed by atoms with Crippen molar-refractivity contribution in [2.45, 2.75) is 25.7 Å². The number of amides is 1. The van der Waals surface area contributed by atoms with Crippen LogP contribution in [0.4, 0.5) is 11.4 Å². The zero-order valence-corrected chi connectivity index (χ0v) is 19.0. The first kappa shape index (κ1) is 23.1. The van der Waals surface area contributed by atoms with E-state index in [-0.39, 0.29) is 17.4 Å². The van der Waals surface area contributed by atoms with Crippen LogP contribution >= 0.6 is 0 Å². The summed E-state index contributed by atoms with van der Waals surface area (Å²) < 4.78 is 38.8. The van der Waals surface area contributed by atoms with E-state index in [1.54, 1.807) is 49.4 Å². The summed E-state index contributed by atoms with van der Waals surface area (Å²) in [5.74, 6) is 0.830. The zero-order valence-electron chi connectivity index (χ0n) is 18.2. The van der Waals surface area contributed by atoms with Gasteiger partial charge < -0.3 is 14.8 Å². The second kappa shape index (κ2) is 10.2. The van der Waals surface area contributed by atoms with Crippen LogP contribution in [0.5, 0.6) is 11.5 Å². The van der Waals surface area contributed by atoms with Crippen molar-refractivity contribution in [3.8, 4) is 11.5 Å². The van der Waals surface area contributed by atoms with Crippen molar-refractivity contribution in [3.05, 3.63) is 77.9 Å². The molecule has 0 bridgehead atoms. The zero-order chi connectivity index (χ0) is 23.1. The number of ether oxygens (including phenoxy) is 2. The standard InChI is InChI=1S/C24H26N2O5S/c1-4-30-21-11-9-19(10-12-21)25-24(27)16-31-23-14-13-22(15-18(23)3)32(28,29)26-20-7-5-17(2)6-8-20/h5-15,26H,4,16H2,1-3H3,(H,25,27). The molecule has 32 heavy (non-hydrogen) atoms. The Morgan fingerprint density at radius 2 is 1.53 bits per heavy atom. The number of sulfonamides is 1. The molecule has 3 rings (SSSR count). The first-order valence-corrected chi connectivity index (χ1v) is 11.6. The highest BCUT2D eigenvalue weighted by atomic mass is 32.2. The molecule has 0 aliphatic rings. The molecule has 0 spiro atoms. The topological polar surface area (TPSA) is 93.7 Å². The quantitative estimate of drug-likeness (QED) is 0.496. The van der Waals surface area contributed by atoms with Crippen LogP contribution in [-0.4, -0.2) is 27.5 Å². The second-order valence-electron chi connectivity index (χ2n) is 7.19. The highest BCUT2D eigenvalue weighted by Crippen LogP contribution is 2.24. The minimum absolute atomic E-state index is 0.113. The van der Waals surface area contributed by atoms with Gasteiger partial charge in [-0.15, -0.1) is 0 Å². The number of hydrogen-bond acceptors (Lipinski definition) is 5. The number of hydrogen-bond donors (Lipinski definition) is 2. The Morgan fingerprint density at radius 3 is 2.16 bits per heavy atom. The van der Waals surface area contributed by atoms with Crippen LogP contribution in [-0.2, 0) is 14.8 Å². The van der Waals surface area contributed by atoms with Crippen molar-refractivity contribution >= 4 is 27.3 Å². The van der Waals surface area contributed by atoms with Gasteiger partial charge in [0.1, 0.15) is 11.5 Å². The molecule has 0 atom stereocenters. The molecule has 1 amide bonds. The normalized spacial score (nSPS) is 11.0. The molecule has 0 fully saturated rings. The lowest BCUT2D eigenvalue weighted by Gasteiger charge is -2.13. The third-order valence-corrected chi connectivity index (χ3v) is 5.95. The molecule has 0 aliphatic carbocycles. The lowest BCUT2D eigenvalue weighted by molar-refractivity contribution is -0.118. The summed E-state index contributed by atoms with van der Waals surface area (Å²) in [6.07, 6.45) is 0. The van der Waals surface area contributed by atoms with E-state index >= 15 is 0 Å². The number of aryl methyl sites for hydroxylation is 2. The van der Waals surface area contributed by atoms with Crippen molar-refractivity contribution in [1.82, 2.24) is 0 Å². The third-order valence-electron chi connectivity index (χ3n) is 4.57. The van der Waals surface area contributed by atoms with Crippen molar-refractivity contribution < 1.29 is 22.7 Å². The van der Waals surface area contributed by atoms with Crippen LogP contribution in [0.1, 0.15) is 18.1 Å². The molecular formula is C24H26N2O5S. The number of rotatable bonds is 9. The van der Waals surface area contributed by atoms with Gasteiger partial charge in [0.25, 0.3) is 15.9 Å². The maximum atomic E-state index is 12.7. The van der Waals surface area contributed by atoms with Crippen LogP contribution in [0, 0.1) is 13.8 Å². The van der Waals surface area contributed by atoms with E-state index in [1.807, 2.05) is 26.0 Å². The molecular weight excluding hydrogens is 428 g/mol. The fourth-order valence-electron chi connectivity index (χ4n) is 2.93. The fourth-order valence-corrected chi connectivity index (χ4v) is 4.07. The molecule has 8 heteroatoms. The molecule has 0 radical (unpaired) electrons. The summed E-state index contributed by atoms with van der Waals surface area (Å²) in [5.41, 5.74) is 2.75. The summed E-state index contributed by atoms with van der Waals surface area (Å²) in [5, 5.41) is 2.74. The summed E-state index contributed by atoms with van der Waals surface area (Å²) in [4.78, 5) is 12.3. The molecule has 0 aliphatic heterocycles. The third kappa shape index (κ3) is 6.24. The Balaban J connectivity index is 1.59. The van der Waals surface area contributed by atoms with E-state index in [9.17, 15) is 13.2 Å². The van der Waals surface area contributed by atoms with Gasteiger partial charge in [0, 0.05) is 11.4 Å². The monoisotopic (exact) mass is 454 g/mol. The van der Waals surface area contributed by atoms with Gasteiger partial charge in [0.05, 0.1) is 11.5 Å². The van der Waals surface area contributed by atoms with Crippen LogP contribution in [0.15, 0.2) is 71.6 Å². The highest BCUT2D eigenvalue weighted by Gasteiger charge is 2.16. The molecule has 3 aromatic rings. The lowest BCUT2D eigenvalue weighted by atomic mass is 10.2. The Kier molecular flexibility index (Phi) is 7.37. The van der Waals surface area contributed by atoms with Gasteiger partial charge in [-0.3, -0.25) is 9.52 Å². The van der Waals surface area contributed by atoms with E-state index in [2.05, 4.69) is 10.0 Å². The van der Waals surface area contributed by atoms with E-state index in [1.165, 1.54) is 12.1 Å². The van der Waals surface area contributed by atoms with E-state index in [0.717, 1.165) is 11.3 Å². The molecule has 3 aromatic carbocycles. The summed E-state index contributed by atoms with van der Waals surface area (Å²) in [6.45, 7) is 5.92. The van der Waals surface area contributed by atoms with Gasteiger partial charge in [-0.25, -0.2) is 8.42 Å². The van der Waals surface area contributed by atoms with Crippen LogP contribution < -0.4 is 19.5 Å². The largest absolute Gasteiger partial charge is 0.494 e. The molecule has 2 N–H and O–H groups in total. The predicted molar refractivity (Wildman–Crippen MR) is 125 cm³/mol. The highest BCUT2D eigenvalue weighted by molar-refractivity contribution is 7.92. The minimum Gasteiger partial charge on any atom is -0.494 e. The number of benzene rings is 3. The van der Waals surface area contributed by atoms with E-state index in [4.69, 9.17) is 9.47 Å². The van der Waals surface area contributed by atoms with Gasteiger partial charge in [-0.1, -0.05) is 17.7 Å². The first-order chi connectivity index (χ1) is 15.3. The minimum atomic E-state index is -3.74. The summed E-state index contributed by atoms with van der Waals surface area (Å²) >= 11 is 0. The molecule has 0 heterocycles. The average molecular weight is 455 g/mol. The Bertz CT molecular complexity index is 1170. The van der Waals surface area contributed by atoms with E-state index < -0.39 is 10.0 Å². The number of carbonyl (C=O) groups excluding carboxylic acids is 1. The molecule has 0 saturated heterocycles. The van der Waals surface area contributed by atoms with E-state index in [0.29, 0.717) is 29.3 Å². The predicted octanol–water partition coefficient (Wildman–Crippen LogP) is 4.52. The smallest absolute Gasteiger partial charge is 0.262 e. The van der Waals surface area contributed by atoms with Crippen molar-refractivity contribution in [3.63, 3.8) is 0 Å². The number of nitrogens with one attached hydrogen (secondary N) is 2. The maximum absolute atomic E-state index is 12.7. The Morgan fingerprint density at radius 1 is 0.875 bits per heavy atom. The van der Waals surface area contributed by atoms with Gasteiger partial charge in [0.15, 0.2) is 6.61 Å². The lowest BCUT2D eigenvalue weighted by Crippen LogP contribution is -2.20. The van der Waals surface area contributed by atoms with Gasteiger partial charge >= 0.3 is 0 Å². The van der Waals surface area contributed by atoms with Gasteiger partial charge in [0.2, 0.25) is 0 Å². The first-order valence-electron chi connectivity index (χ1n) is 10.1. The van der Waals surface area contributed by atoms with Crippen LogP contribution in [0.25, 0.3) is 0 Å². The average Bonchev–Trinajstić information content (AvgIpc) is 2.76. The maximum Gasteiger partial charge on any atom is 0.262 e. The molecule has 0 unspecified atom stereocenters. The van der Waals surface area contributed by atoms with Crippen molar-refractivity contribution in [2.24, 2.45) is 0 Å². The van der Waals surface area contributed by atoms with Crippen molar-refractivity contribution in [2.75, 3.05) is 23.3 Å². The SMILES string of the molecule is CCOc1ccc(NC(=O)COc2ccc(S(=O)(=O)Nc3ccc(C)cc3)cc2C)cc1. The number of carbonyl (C=O) groups is 1. The summed E-state index contributed by atoms with van der Waals surface area (Å²) in [6, 6.07) is 18.6. The second-order valence-corrected chi connectivity index (χ2v) is 8.88. The number of anilines is 2. The Labute approximate surface area is 188 Å². The van der Waals surface area contributed by atoms with Gasteiger partial charge in [-0.2, -0.15) is 0 Å². The molecule has 0 saturated carbocycles. The molecule has 7 nitrogen and oxygen atoms in total. The van der Waals surface area contributed by atoms with Crippen molar-refractivity contribution in [1.29, 1.82) is 0 Å². The summed E-state index contributed by atoms with van der Waals surface area (Å²) in [7, 11) is -3.74. The van der Waals surface area contributed by atoms with Gasteiger partial charge in [-0.05, 0) is 80.9 Å². The fraction of sp³-hybridized carbons (Fsp3) is 0.208. The van der Waals surface area contributed by atoms with Crippen LogP contribution in [0.3, 0.4) is 0 Å². The molecule has 168 valence electrons. The Hall–Kier alpha value is -3.52.